The largest absolute Gasteiger partial charge is 0.389 e. The minimum atomic E-state index is -0.584. The van der Waals surface area contributed by atoms with Crippen LogP contribution in [0.25, 0.3) is 0 Å². The summed E-state index contributed by atoms with van der Waals surface area (Å²) in [5, 5.41) is 17.8. The smallest absolute Gasteiger partial charge is 0.161 e. The lowest BCUT2D eigenvalue weighted by Crippen LogP contribution is -2.02. The Balaban J connectivity index is 2.03. The molecule has 0 saturated heterocycles. The standard InChI is InChI=1S/C13H20O4/c14-9-11(15)6-4-2-1-3-5-10-7-12(16)8-13(10)17/h7,12,14,16H,1-6,8-9H2/t12-/m1/s1. The molecule has 4 nitrogen and oxygen atoms in total. The van der Waals surface area contributed by atoms with Gasteiger partial charge in [-0.2, -0.15) is 0 Å². The van der Waals surface area contributed by atoms with Gasteiger partial charge in [-0.05, 0) is 30.9 Å². The van der Waals surface area contributed by atoms with E-state index < -0.39 is 6.10 Å². The normalized spacial score (nSPS) is 19.5. The lowest BCUT2D eigenvalue weighted by molar-refractivity contribution is -0.121. The molecule has 96 valence electrons. The molecule has 0 radical (unpaired) electrons. The predicted octanol–water partition coefficient (Wildman–Crippen LogP) is 1.15. The first-order valence-corrected chi connectivity index (χ1v) is 6.18. The first kappa shape index (κ1) is 14.1. The van der Waals surface area contributed by atoms with E-state index in [0.29, 0.717) is 6.42 Å². The van der Waals surface area contributed by atoms with Crippen LogP contribution >= 0.6 is 0 Å². The van der Waals surface area contributed by atoms with E-state index >= 15 is 0 Å². The molecule has 0 heterocycles. The third kappa shape index (κ3) is 5.24. The Morgan fingerprint density at radius 2 is 2.00 bits per heavy atom. The fraction of sp³-hybridized carbons (Fsp3) is 0.692. The maximum Gasteiger partial charge on any atom is 0.161 e. The van der Waals surface area contributed by atoms with Crippen LogP contribution < -0.4 is 0 Å². The molecule has 0 aromatic rings. The van der Waals surface area contributed by atoms with Crippen LogP contribution in [-0.4, -0.2) is 34.5 Å². The molecule has 0 unspecified atom stereocenters. The summed E-state index contributed by atoms with van der Waals surface area (Å²) in [5.74, 6) is -0.0465. The van der Waals surface area contributed by atoms with E-state index in [1.165, 1.54) is 0 Å². The number of ketones is 2. The first-order valence-electron chi connectivity index (χ1n) is 6.18. The maximum atomic E-state index is 11.3. The van der Waals surface area contributed by atoms with Crippen LogP contribution in [0.2, 0.25) is 0 Å². The fourth-order valence-electron chi connectivity index (χ4n) is 2.00. The molecule has 0 aromatic heterocycles. The summed E-state index contributed by atoms with van der Waals surface area (Å²) >= 11 is 0. The SMILES string of the molecule is O=C(CO)CCCCCCC1=C[C@@H](O)CC1=O. The van der Waals surface area contributed by atoms with Crippen LogP contribution in [0.3, 0.4) is 0 Å². The second kappa shape index (κ2) is 7.35. The minimum absolute atomic E-state index is 0.0629. The average molecular weight is 240 g/mol. The highest BCUT2D eigenvalue weighted by atomic mass is 16.3. The van der Waals surface area contributed by atoms with Crippen LogP contribution in [-0.2, 0) is 9.59 Å². The summed E-state index contributed by atoms with van der Waals surface area (Å²) < 4.78 is 0. The van der Waals surface area contributed by atoms with Gasteiger partial charge in [-0.25, -0.2) is 0 Å². The highest BCUT2D eigenvalue weighted by Gasteiger charge is 2.21. The molecule has 17 heavy (non-hydrogen) atoms. The van der Waals surface area contributed by atoms with E-state index in [1.54, 1.807) is 6.08 Å². The van der Waals surface area contributed by atoms with Crippen molar-refractivity contribution in [1.82, 2.24) is 0 Å². The second-order valence-electron chi connectivity index (χ2n) is 4.50. The Kier molecular flexibility index (Phi) is 6.08. The molecule has 2 N–H and O–H groups in total. The zero-order chi connectivity index (χ0) is 12.7. The second-order valence-corrected chi connectivity index (χ2v) is 4.50. The van der Waals surface area contributed by atoms with Crippen molar-refractivity contribution in [2.24, 2.45) is 0 Å². The summed E-state index contributed by atoms with van der Waals surface area (Å²) in [6, 6.07) is 0. The molecule has 0 spiro atoms. The van der Waals surface area contributed by atoms with Crippen LogP contribution in [0, 0.1) is 0 Å². The van der Waals surface area contributed by atoms with E-state index in [0.717, 1.165) is 37.7 Å². The maximum absolute atomic E-state index is 11.3. The number of hydrogen-bond donors (Lipinski definition) is 2. The summed E-state index contributed by atoms with van der Waals surface area (Å²) in [5.41, 5.74) is 0.754. The molecule has 1 aliphatic carbocycles. The van der Waals surface area contributed by atoms with Crippen LogP contribution in [0.4, 0.5) is 0 Å². The van der Waals surface area contributed by atoms with Gasteiger partial charge in [-0.1, -0.05) is 12.8 Å². The summed E-state index contributed by atoms with van der Waals surface area (Å²) in [6.07, 6.45) is 6.10. The molecule has 4 heteroatoms. The van der Waals surface area contributed by atoms with Gasteiger partial charge in [0.1, 0.15) is 6.61 Å². The van der Waals surface area contributed by atoms with Gasteiger partial charge in [-0.15, -0.1) is 0 Å². The third-order valence-corrected chi connectivity index (χ3v) is 2.97. The molecule has 0 fully saturated rings. The van der Waals surface area contributed by atoms with Crippen molar-refractivity contribution in [3.63, 3.8) is 0 Å². The van der Waals surface area contributed by atoms with Crippen molar-refractivity contribution in [3.8, 4) is 0 Å². The quantitative estimate of drug-likeness (QED) is 0.624. The van der Waals surface area contributed by atoms with Gasteiger partial charge in [0.15, 0.2) is 11.6 Å². The van der Waals surface area contributed by atoms with Crippen LogP contribution in [0.5, 0.6) is 0 Å². The van der Waals surface area contributed by atoms with E-state index in [9.17, 15) is 14.7 Å². The molecule has 1 rings (SSSR count). The summed E-state index contributed by atoms with van der Waals surface area (Å²) in [6.45, 7) is -0.362. The van der Waals surface area contributed by atoms with Crippen molar-refractivity contribution in [1.29, 1.82) is 0 Å². The Hall–Kier alpha value is -1.00. The topological polar surface area (TPSA) is 74.6 Å². The lowest BCUT2D eigenvalue weighted by atomic mass is 10.0. The van der Waals surface area contributed by atoms with Gasteiger partial charge in [0.05, 0.1) is 6.10 Å². The highest BCUT2D eigenvalue weighted by Crippen LogP contribution is 2.20. The van der Waals surface area contributed by atoms with Crippen molar-refractivity contribution in [2.75, 3.05) is 6.61 Å². The highest BCUT2D eigenvalue weighted by molar-refractivity contribution is 5.98. The summed E-state index contributed by atoms with van der Waals surface area (Å²) in [4.78, 5) is 22.1. The molecule has 0 bridgehead atoms. The molecule has 0 amide bonds. The number of allylic oxidation sites excluding steroid dienone is 1. The van der Waals surface area contributed by atoms with Crippen LogP contribution in [0.1, 0.15) is 44.9 Å². The number of hydrogen-bond acceptors (Lipinski definition) is 4. The molecule has 1 atom stereocenters. The van der Waals surface area contributed by atoms with Crippen LogP contribution in [0.15, 0.2) is 11.6 Å². The van der Waals surface area contributed by atoms with Gasteiger partial charge in [0.25, 0.3) is 0 Å². The Bertz CT molecular complexity index is 307. The predicted molar refractivity (Wildman–Crippen MR) is 63.5 cm³/mol. The number of rotatable bonds is 8. The van der Waals surface area contributed by atoms with E-state index in [2.05, 4.69) is 0 Å². The molecule has 0 aromatic carbocycles. The van der Waals surface area contributed by atoms with Crippen molar-refractivity contribution < 1.29 is 19.8 Å². The first-order chi connectivity index (χ1) is 8.13. The van der Waals surface area contributed by atoms with Crippen molar-refractivity contribution in [3.05, 3.63) is 11.6 Å². The number of unbranched alkanes of at least 4 members (excludes halogenated alkanes) is 3. The van der Waals surface area contributed by atoms with Crippen molar-refractivity contribution >= 4 is 11.6 Å². The van der Waals surface area contributed by atoms with Gasteiger partial charge >= 0.3 is 0 Å². The lowest BCUT2D eigenvalue weighted by Gasteiger charge is -2.01. The number of aliphatic hydroxyl groups excluding tert-OH is 2. The van der Waals surface area contributed by atoms with E-state index in [4.69, 9.17) is 5.11 Å². The van der Waals surface area contributed by atoms with Gasteiger partial charge < -0.3 is 10.2 Å². The molecular formula is C13H20O4. The zero-order valence-corrected chi connectivity index (χ0v) is 10.0. The van der Waals surface area contributed by atoms with Gasteiger partial charge in [-0.3, -0.25) is 9.59 Å². The molecule has 1 aliphatic rings. The molecule has 0 saturated carbocycles. The number of aliphatic hydroxyl groups is 2. The van der Waals surface area contributed by atoms with Gasteiger partial charge in [0.2, 0.25) is 0 Å². The fourth-order valence-corrected chi connectivity index (χ4v) is 2.00. The zero-order valence-electron chi connectivity index (χ0n) is 10.0. The van der Waals surface area contributed by atoms with Crippen molar-refractivity contribution in [2.45, 2.75) is 51.0 Å². The Morgan fingerprint density at radius 3 is 2.59 bits per heavy atom. The average Bonchev–Trinajstić information content (AvgIpc) is 2.62. The summed E-state index contributed by atoms with van der Waals surface area (Å²) in [7, 11) is 0. The minimum Gasteiger partial charge on any atom is -0.389 e. The molecular weight excluding hydrogens is 220 g/mol. The molecule has 0 aliphatic heterocycles. The third-order valence-electron chi connectivity index (χ3n) is 2.97. The number of Topliss-reactive ketones (excluding diaryl/α,β-unsaturated/α-hetero) is 2. The van der Waals surface area contributed by atoms with E-state index in [1.807, 2.05) is 0 Å². The van der Waals surface area contributed by atoms with E-state index in [-0.39, 0.29) is 24.6 Å². The monoisotopic (exact) mass is 240 g/mol. The Morgan fingerprint density at radius 1 is 1.29 bits per heavy atom. The Labute approximate surface area is 101 Å². The number of carbonyl (C=O) groups excluding carboxylic acids is 2. The van der Waals surface area contributed by atoms with Gasteiger partial charge in [0, 0.05) is 12.8 Å². The number of carbonyl (C=O) groups is 2.